The number of rotatable bonds is 7. The maximum atomic E-state index is 11.5. The Balaban J connectivity index is 1.68. The van der Waals surface area contributed by atoms with Gasteiger partial charge < -0.3 is 14.9 Å². The van der Waals surface area contributed by atoms with Crippen molar-refractivity contribution in [3.63, 3.8) is 0 Å². The van der Waals surface area contributed by atoms with E-state index in [0.717, 1.165) is 30.6 Å². The first kappa shape index (κ1) is 24.1. The zero-order valence-corrected chi connectivity index (χ0v) is 20.8. The van der Waals surface area contributed by atoms with E-state index < -0.39 is 7.82 Å². The van der Waals surface area contributed by atoms with E-state index in [1.54, 1.807) is 6.07 Å². The van der Waals surface area contributed by atoms with Crippen LogP contribution in [0, 0.1) is 0 Å². The molecule has 0 saturated heterocycles. The molecule has 1 aromatic heterocycles. The smallest absolute Gasteiger partial charge is 0.507 e. The molecular weight excluding hydrogens is 479 g/mol. The van der Waals surface area contributed by atoms with Gasteiger partial charge in [0, 0.05) is 11.8 Å². The second kappa shape index (κ2) is 9.43. The van der Waals surface area contributed by atoms with Gasteiger partial charge in [-0.15, -0.1) is 10.2 Å². The highest BCUT2D eigenvalue weighted by Gasteiger charge is 2.25. The summed E-state index contributed by atoms with van der Waals surface area (Å²) in [4.78, 5) is 18.7. The number of phenols is 1. The Morgan fingerprint density at radius 1 is 1.00 bits per heavy atom. The topological polar surface area (TPSA) is 130 Å². The van der Waals surface area contributed by atoms with Crippen LogP contribution in [0.3, 0.4) is 0 Å². The Bertz CT molecular complexity index is 1460. The summed E-state index contributed by atoms with van der Waals surface area (Å²) >= 11 is 0. The number of phenolic OH excluding ortho intramolecular Hbond substituents is 1. The quantitative estimate of drug-likeness (QED) is 0.243. The molecule has 3 aromatic carbocycles. The molecule has 9 nitrogen and oxygen atoms in total. The van der Waals surface area contributed by atoms with Crippen LogP contribution in [0.1, 0.15) is 42.9 Å². The first-order chi connectivity index (χ1) is 17.2. The van der Waals surface area contributed by atoms with Crippen LogP contribution in [0.4, 0.5) is 11.6 Å². The fourth-order valence-electron chi connectivity index (χ4n) is 4.56. The number of fused-ring (bicyclic) bond motifs is 1. The van der Waals surface area contributed by atoms with Crippen molar-refractivity contribution in [1.29, 1.82) is 0 Å². The molecule has 4 N–H and O–H groups in total. The lowest BCUT2D eigenvalue weighted by atomic mass is 9.98. The minimum atomic E-state index is -4.82. The van der Waals surface area contributed by atoms with Crippen molar-refractivity contribution in [1.82, 2.24) is 14.8 Å². The molecule has 186 valence electrons. The lowest BCUT2D eigenvalue weighted by Gasteiger charge is -2.18. The SMILES string of the molecule is CC(C)c1cc(-c2nnc(Nc3ccccc3)n2-c2ccc3c(c2)CCC3)c(O)cc1OP(=O)(O)O. The molecule has 0 unspecified atom stereocenters. The average molecular weight is 506 g/mol. The van der Waals surface area contributed by atoms with E-state index in [-0.39, 0.29) is 17.4 Å². The lowest BCUT2D eigenvalue weighted by molar-refractivity contribution is 0.281. The second-order valence-corrected chi connectivity index (χ2v) is 10.3. The summed E-state index contributed by atoms with van der Waals surface area (Å²) < 4.78 is 18.2. The molecule has 0 radical (unpaired) electrons. The molecule has 36 heavy (non-hydrogen) atoms. The third-order valence-electron chi connectivity index (χ3n) is 6.24. The molecule has 0 fully saturated rings. The molecule has 5 rings (SSSR count). The number of aryl methyl sites for hydroxylation is 2. The van der Waals surface area contributed by atoms with Crippen LogP contribution in [0.2, 0.25) is 0 Å². The number of aromatic hydroxyl groups is 1. The van der Waals surface area contributed by atoms with Crippen LogP contribution in [0.15, 0.2) is 60.7 Å². The number of phosphoric acid groups is 1. The third kappa shape index (κ3) is 4.86. The molecule has 10 heteroatoms. The van der Waals surface area contributed by atoms with E-state index in [1.165, 1.54) is 17.2 Å². The number of anilines is 2. The Morgan fingerprint density at radius 3 is 2.47 bits per heavy atom. The van der Waals surface area contributed by atoms with Crippen molar-refractivity contribution in [2.24, 2.45) is 0 Å². The van der Waals surface area contributed by atoms with Gasteiger partial charge in [-0.05, 0) is 72.2 Å². The summed E-state index contributed by atoms with van der Waals surface area (Å²) in [5, 5.41) is 23.1. The first-order valence-corrected chi connectivity index (χ1v) is 13.2. The summed E-state index contributed by atoms with van der Waals surface area (Å²) in [5.74, 6) is 0.391. The summed E-state index contributed by atoms with van der Waals surface area (Å²) in [5.41, 5.74) is 5.16. The lowest BCUT2D eigenvalue weighted by Crippen LogP contribution is -2.05. The predicted molar refractivity (Wildman–Crippen MR) is 137 cm³/mol. The molecule has 0 saturated carbocycles. The highest BCUT2D eigenvalue weighted by molar-refractivity contribution is 7.46. The van der Waals surface area contributed by atoms with Crippen LogP contribution in [-0.4, -0.2) is 29.7 Å². The van der Waals surface area contributed by atoms with Crippen LogP contribution >= 0.6 is 7.82 Å². The summed E-state index contributed by atoms with van der Waals surface area (Å²) in [6.45, 7) is 3.74. The monoisotopic (exact) mass is 506 g/mol. The molecule has 0 bridgehead atoms. The number of phosphoric ester groups is 1. The zero-order valence-electron chi connectivity index (χ0n) is 19.9. The van der Waals surface area contributed by atoms with Crippen molar-refractivity contribution < 1.29 is 24.0 Å². The standard InChI is InChI=1S/C26H27N4O5P/c1-16(2)21-14-22(23(31)15-24(21)35-36(32,33)34)25-28-29-26(27-19-9-4-3-5-10-19)30(25)20-12-11-17-7-6-8-18(17)13-20/h3-5,9-16,31H,6-8H2,1-2H3,(H,27,29)(H2,32,33,34). The van der Waals surface area contributed by atoms with Crippen LogP contribution < -0.4 is 9.84 Å². The maximum Gasteiger partial charge on any atom is 0.524 e. The molecule has 1 heterocycles. The van der Waals surface area contributed by atoms with E-state index in [9.17, 15) is 19.5 Å². The van der Waals surface area contributed by atoms with Gasteiger partial charge in [-0.2, -0.15) is 0 Å². The van der Waals surface area contributed by atoms with Gasteiger partial charge in [-0.1, -0.05) is 38.1 Å². The summed E-state index contributed by atoms with van der Waals surface area (Å²) in [6, 6.07) is 18.7. The number of benzene rings is 3. The predicted octanol–water partition coefficient (Wildman–Crippen LogP) is 5.47. The Labute approximate surface area is 208 Å². The fourth-order valence-corrected chi connectivity index (χ4v) is 4.97. The largest absolute Gasteiger partial charge is 0.524 e. The third-order valence-corrected chi connectivity index (χ3v) is 6.68. The number of hydrogen-bond acceptors (Lipinski definition) is 6. The van der Waals surface area contributed by atoms with Crippen LogP contribution in [0.25, 0.3) is 17.1 Å². The van der Waals surface area contributed by atoms with Gasteiger partial charge in [0.25, 0.3) is 0 Å². The molecular formula is C26H27N4O5P. The summed E-state index contributed by atoms with van der Waals surface area (Å²) in [7, 11) is -4.82. The number of nitrogens with one attached hydrogen (secondary N) is 1. The Morgan fingerprint density at radius 2 is 1.75 bits per heavy atom. The van der Waals surface area contributed by atoms with E-state index in [0.29, 0.717) is 22.9 Å². The van der Waals surface area contributed by atoms with E-state index in [1.807, 2.05) is 54.8 Å². The zero-order chi connectivity index (χ0) is 25.4. The highest BCUT2D eigenvalue weighted by atomic mass is 31.2. The maximum absolute atomic E-state index is 11.5. The van der Waals surface area contributed by atoms with Gasteiger partial charge in [0.05, 0.1) is 11.3 Å². The molecule has 4 aromatic rings. The summed E-state index contributed by atoms with van der Waals surface area (Å²) in [6.07, 6.45) is 3.17. The second-order valence-electron chi connectivity index (χ2n) is 9.12. The van der Waals surface area contributed by atoms with Gasteiger partial charge in [0.1, 0.15) is 11.5 Å². The van der Waals surface area contributed by atoms with Gasteiger partial charge in [-0.25, -0.2) is 4.57 Å². The van der Waals surface area contributed by atoms with E-state index in [2.05, 4.69) is 27.6 Å². The molecule has 0 aliphatic heterocycles. The number of para-hydroxylation sites is 1. The van der Waals surface area contributed by atoms with E-state index >= 15 is 0 Å². The minimum Gasteiger partial charge on any atom is -0.507 e. The van der Waals surface area contributed by atoms with Crippen molar-refractivity contribution in [2.75, 3.05) is 5.32 Å². The number of nitrogens with zero attached hydrogens (tertiary/aromatic N) is 3. The Hall–Kier alpha value is -3.65. The van der Waals surface area contributed by atoms with Crippen LogP contribution in [0.5, 0.6) is 11.5 Å². The van der Waals surface area contributed by atoms with Crippen molar-refractivity contribution >= 4 is 19.5 Å². The van der Waals surface area contributed by atoms with Crippen molar-refractivity contribution in [3.8, 4) is 28.6 Å². The van der Waals surface area contributed by atoms with Gasteiger partial charge in [0.2, 0.25) is 5.95 Å². The molecule has 0 atom stereocenters. The van der Waals surface area contributed by atoms with Crippen LogP contribution in [-0.2, 0) is 17.4 Å². The molecule has 0 amide bonds. The number of aromatic nitrogens is 3. The normalized spacial score (nSPS) is 13.1. The van der Waals surface area contributed by atoms with Crippen molar-refractivity contribution in [2.45, 2.75) is 39.0 Å². The number of hydrogen-bond donors (Lipinski definition) is 4. The first-order valence-electron chi connectivity index (χ1n) is 11.7. The van der Waals surface area contributed by atoms with Gasteiger partial charge in [-0.3, -0.25) is 14.4 Å². The fraction of sp³-hybridized carbons (Fsp3) is 0.231. The molecule has 1 aliphatic rings. The highest BCUT2D eigenvalue weighted by Crippen LogP contribution is 2.45. The molecule has 0 spiro atoms. The Kier molecular flexibility index (Phi) is 6.30. The van der Waals surface area contributed by atoms with Gasteiger partial charge >= 0.3 is 7.82 Å². The van der Waals surface area contributed by atoms with E-state index in [4.69, 9.17) is 4.52 Å². The van der Waals surface area contributed by atoms with Gasteiger partial charge in [0.15, 0.2) is 5.82 Å². The minimum absolute atomic E-state index is 0.0780. The molecule has 1 aliphatic carbocycles. The van der Waals surface area contributed by atoms with Crippen molar-refractivity contribution in [3.05, 3.63) is 77.4 Å². The average Bonchev–Trinajstić information content (AvgIpc) is 3.45.